The molecule has 0 saturated heterocycles. The molecule has 0 rings (SSSR count). The fourth-order valence-corrected chi connectivity index (χ4v) is 2.37. The van der Waals surface area contributed by atoms with E-state index in [1.165, 1.54) is 19.3 Å². The molecule has 0 fully saturated rings. The number of esters is 1. The summed E-state index contributed by atoms with van der Waals surface area (Å²) in [6, 6.07) is 0. The Bertz CT molecular complexity index is 435. The van der Waals surface area contributed by atoms with Crippen molar-refractivity contribution in [1.29, 1.82) is 0 Å². The van der Waals surface area contributed by atoms with Crippen molar-refractivity contribution >= 4 is 11.9 Å². The van der Waals surface area contributed by atoms with Crippen LogP contribution < -0.4 is 0 Å². The highest BCUT2D eigenvalue weighted by atomic mass is 16.5. The van der Waals surface area contributed by atoms with Crippen molar-refractivity contribution in [3.63, 3.8) is 0 Å². The molecule has 0 radical (unpaired) electrons. The second kappa shape index (κ2) is 19.5. The molecule has 0 aromatic carbocycles. The standard InChI is InChI=1S/C22H36O4/c1-2-3-4-5-6-7-8-9-10-11-12-13-14-15-16-17-20-26-22(25)19-18-21(23)24/h3-4,6-7,9-10H,2,5,8,11-20H2,1H3,(H,23,24)/b4-3-,7-6-,10-9-. The molecule has 148 valence electrons. The van der Waals surface area contributed by atoms with Gasteiger partial charge in [0.1, 0.15) is 0 Å². The minimum Gasteiger partial charge on any atom is -0.481 e. The minimum absolute atomic E-state index is 0.0332. The van der Waals surface area contributed by atoms with Crippen LogP contribution in [0.5, 0.6) is 0 Å². The Kier molecular flexibility index (Phi) is 18.1. The van der Waals surface area contributed by atoms with Crippen molar-refractivity contribution in [2.24, 2.45) is 0 Å². The van der Waals surface area contributed by atoms with Crippen LogP contribution in [0.4, 0.5) is 0 Å². The predicted molar refractivity (Wildman–Crippen MR) is 107 cm³/mol. The van der Waals surface area contributed by atoms with Gasteiger partial charge in [0.05, 0.1) is 19.4 Å². The number of carboxylic acids is 1. The van der Waals surface area contributed by atoms with Gasteiger partial charge < -0.3 is 9.84 Å². The minimum atomic E-state index is -0.965. The summed E-state index contributed by atoms with van der Waals surface area (Å²) in [6.07, 6.45) is 24.2. The third-order valence-electron chi connectivity index (χ3n) is 3.85. The van der Waals surface area contributed by atoms with Crippen LogP contribution in [-0.2, 0) is 14.3 Å². The lowest BCUT2D eigenvalue weighted by Gasteiger charge is -2.04. The molecule has 0 aromatic heterocycles. The zero-order chi connectivity index (χ0) is 19.3. The number of carbonyl (C=O) groups is 2. The van der Waals surface area contributed by atoms with E-state index in [1.807, 2.05) is 0 Å². The third-order valence-corrected chi connectivity index (χ3v) is 3.85. The summed E-state index contributed by atoms with van der Waals surface area (Å²) in [5, 5.41) is 8.47. The fraction of sp³-hybridized carbons (Fsp3) is 0.636. The number of aliphatic carboxylic acids is 1. The van der Waals surface area contributed by atoms with Crippen LogP contribution in [0.15, 0.2) is 36.5 Å². The number of hydrogen-bond donors (Lipinski definition) is 1. The van der Waals surface area contributed by atoms with Crippen LogP contribution in [0, 0.1) is 0 Å². The van der Waals surface area contributed by atoms with E-state index >= 15 is 0 Å². The molecule has 0 unspecified atom stereocenters. The monoisotopic (exact) mass is 364 g/mol. The SMILES string of the molecule is CC/C=C\C/C=C\C/C=C\CCCCCCCCOC(=O)CCC(=O)O. The Hall–Kier alpha value is -1.84. The summed E-state index contributed by atoms with van der Waals surface area (Å²) >= 11 is 0. The number of unbranched alkanes of at least 4 members (excludes halogenated alkanes) is 6. The number of ether oxygens (including phenoxy) is 1. The van der Waals surface area contributed by atoms with Crippen LogP contribution in [-0.4, -0.2) is 23.7 Å². The molecule has 0 aromatic rings. The number of rotatable bonds is 17. The Balaban J connectivity index is 3.28. The van der Waals surface area contributed by atoms with Gasteiger partial charge in [-0.25, -0.2) is 0 Å². The van der Waals surface area contributed by atoms with Gasteiger partial charge in [0.15, 0.2) is 0 Å². The Morgan fingerprint density at radius 1 is 0.769 bits per heavy atom. The summed E-state index contributed by atoms with van der Waals surface area (Å²) < 4.78 is 4.99. The maximum Gasteiger partial charge on any atom is 0.306 e. The molecule has 0 aliphatic rings. The zero-order valence-electron chi connectivity index (χ0n) is 16.3. The van der Waals surface area contributed by atoms with E-state index < -0.39 is 11.9 Å². The van der Waals surface area contributed by atoms with Gasteiger partial charge in [-0.2, -0.15) is 0 Å². The van der Waals surface area contributed by atoms with Crippen molar-refractivity contribution < 1.29 is 19.4 Å². The van der Waals surface area contributed by atoms with Crippen LogP contribution >= 0.6 is 0 Å². The Morgan fingerprint density at radius 2 is 1.35 bits per heavy atom. The number of carboxylic acid groups (broad SMARTS) is 1. The quantitative estimate of drug-likeness (QED) is 0.196. The third kappa shape index (κ3) is 20.2. The first kappa shape index (κ1) is 24.2. The molecule has 0 heterocycles. The highest BCUT2D eigenvalue weighted by Gasteiger charge is 2.05. The molecule has 26 heavy (non-hydrogen) atoms. The van der Waals surface area contributed by atoms with Crippen molar-refractivity contribution in [3.8, 4) is 0 Å². The van der Waals surface area contributed by atoms with Crippen molar-refractivity contribution in [1.82, 2.24) is 0 Å². The largest absolute Gasteiger partial charge is 0.481 e. The second-order valence-corrected chi connectivity index (χ2v) is 6.32. The van der Waals surface area contributed by atoms with E-state index in [-0.39, 0.29) is 12.8 Å². The maximum absolute atomic E-state index is 11.2. The molecule has 0 aliphatic heterocycles. The summed E-state index contributed by atoms with van der Waals surface area (Å²) in [7, 11) is 0. The predicted octanol–water partition coefficient (Wildman–Crippen LogP) is 5.98. The van der Waals surface area contributed by atoms with Crippen LogP contribution in [0.25, 0.3) is 0 Å². The molecule has 4 heteroatoms. The molecular formula is C22H36O4. The lowest BCUT2D eigenvalue weighted by molar-refractivity contribution is -0.147. The average Bonchev–Trinajstić information content (AvgIpc) is 2.62. The van der Waals surface area contributed by atoms with Gasteiger partial charge in [0.2, 0.25) is 0 Å². The van der Waals surface area contributed by atoms with Crippen LogP contribution in [0.1, 0.15) is 84.0 Å². The van der Waals surface area contributed by atoms with E-state index in [2.05, 4.69) is 43.4 Å². The summed E-state index contributed by atoms with van der Waals surface area (Å²) in [6.45, 7) is 2.55. The van der Waals surface area contributed by atoms with Crippen LogP contribution in [0.2, 0.25) is 0 Å². The first-order chi connectivity index (χ1) is 12.7. The van der Waals surface area contributed by atoms with E-state index in [1.54, 1.807) is 0 Å². The first-order valence-electron chi connectivity index (χ1n) is 9.99. The van der Waals surface area contributed by atoms with Gasteiger partial charge in [0, 0.05) is 0 Å². The fourth-order valence-electron chi connectivity index (χ4n) is 2.37. The van der Waals surface area contributed by atoms with Gasteiger partial charge in [-0.3, -0.25) is 9.59 Å². The summed E-state index contributed by atoms with van der Waals surface area (Å²) in [5.41, 5.74) is 0. The zero-order valence-corrected chi connectivity index (χ0v) is 16.3. The van der Waals surface area contributed by atoms with Crippen LogP contribution in [0.3, 0.4) is 0 Å². The molecule has 0 spiro atoms. The normalized spacial score (nSPS) is 11.7. The molecule has 0 amide bonds. The van der Waals surface area contributed by atoms with E-state index in [9.17, 15) is 9.59 Å². The first-order valence-corrected chi connectivity index (χ1v) is 9.99. The Labute approximate surface area is 159 Å². The highest BCUT2D eigenvalue weighted by Crippen LogP contribution is 2.08. The summed E-state index contributed by atoms with van der Waals surface area (Å²) in [4.78, 5) is 21.5. The maximum atomic E-state index is 11.2. The van der Waals surface area contributed by atoms with Gasteiger partial charge in [-0.15, -0.1) is 0 Å². The number of allylic oxidation sites excluding steroid dienone is 6. The summed E-state index contributed by atoms with van der Waals surface area (Å²) in [5.74, 6) is -1.38. The smallest absolute Gasteiger partial charge is 0.306 e. The molecule has 0 bridgehead atoms. The number of carbonyl (C=O) groups excluding carboxylic acids is 1. The van der Waals surface area contributed by atoms with Crippen molar-refractivity contribution in [3.05, 3.63) is 36.5 Å². The molecule has 4 nitrogen and oxygen atoms in total. The molecule has 0 aliphatic carbocycles. The average molecular weight is 365 g/mol. The number of hydrogen-bond acceptors (Lipinski definition) is 3. The molecular weight excluding hydrogens is 328 g/mol. The van der Waals surface area contributed by atoms with Gasteiger partial charge in [0.25, 0.3) is 0 Å². The highest BCUT2D eigenvalue weighted by molar-refractivity contribution is 5.76. The lowest BCUT2D eigenvalue weighted by atomic mass is 10.1. The van der Waals surface area contributed by atoms with Gasteiger partial charge in [-0.1, -0.05) is 69.1 Å². The van der Waals surface area contributed by atoms with Crippen molar-refractivity contribution in [2.75, 3.05) is 6.61 Å². The van der Waals surface area contributed by atoms with E-state index in [4.69, 9.17) is 9.84 Å². The van der Waals surface area contributed by atoms with Crippen molar-refractivity contribution in [2.45, 2.75) is 84.0 Å². The van der Waals surface area contributed by atoms with Gasteiger partial charge in [-0.05, 0) is 38.5 Å². The Morgan fingerprint density at radius 3 is 2.00 bits per heavy atom. The van der Waals surface area contributed by atoms with E-state index in [0.29, 0.717) is 6.61 Å². The molecule has 1 N–H and O–H groups in total. The lowest BCUT2D eigenvalue weighted by Crippen LogP contribution is -2.08. The topological polar surface area (TPSA) is 63.6 Å². The molecule has 0 saturated carbocycles. The van der Waals surface area contributed by atoms with Gasteiger partial charge >= 0.3 is 11.9 Å². The molecule has 0 atom stereocenters. The second-order valence-electron chi connectivity index (χ2n) is 6.32. The van der Waals surface area contributed by atoms with E-state index in [0.717, 1.165) is 44.9 Å².